The monoisotopic (exact) mass is 502 g/mol. The lowest BCUT2D eigenvalue weighted by Gasteiger charge is -2.34. The van der Waals surface area contributed by atoms with E-state index in [0.29, 0.717) is 24.6 Å². The Morgan fingerprint density at radius 3 is 2.38 bits per heavy atom. The predicted molar refractivity (Wildman–Crippen MR) is 123 cm³/mol. The summed E-state index contributed by atoms with van der Waals surface area (Å²) >= 11 is 0. The minimum absolute atomic E-state index is 0. The van der Waals surface area contributed by atoms with Gasteiger partial charge in [-0.1, -0.05) is 6.07 Å². The largest absolute Gasteiger partial charge is 0.349 e. The number of hydrogen-bond acceptors (Lipinski definition) is 3. The maximum absolute atomic E-state index is 13.5. The van der Waals surface area contributed by atoms with Gasteiger partial charge < -0.3 is 16.0 Å². The van der Waals surface area contributed by atoms with E-state index in [0.717, 1.165) is 29.4 Å². The van der Waals surface area contributed by atoms with Crippen LogP contribution in [-0.4, -0.2) is 27.7 Å². The number of nitrogens with zero attached hydrogens (tertiary/aromatic N) is 1. The molecular weight excluding hydrogens is 472 g/mol. The Bertz CT molecular complexity index is 1020. The first kappa shape index (κ1) is 25.2. The molecule has 0 saturated heterocycles. The Morgan fingerprint density at radius 2 is 1.76 bits per heavy atom. The Kier molecular flexibility index (Phi) is 6.90. The number of amides is 1. The summed E-state index contributed by atoms with van der Waals surface area (Å²) < 4.78 is 53.1. The van der Waals surface area contributed by atoms with Crippen molar-refractivity contribution in [2.75, 3.05) is 0 Å². The number of nitrogens with two attached hydrogens (primary N) is 1. The predicted octanol–water partition coefficient (Wildman–Crippen LogP) is 5.81. The molecule has 5 rings (SSSR count). The third-order valence-corrected chi connectivity index (χ3v) is 7.53. The second kappa shape index (κ2) is 9.30. The molecule has 1 aromatic heterocycles. The van der Waals surface area contributed by atoms with Crippen molar-refractivity contribution in [1.82, 2.24) is 15.3 Å². The van der Waals surface area contributed by atoms with E-state index < -0.39 is 17.9 Å². The highest BCUT2D eigenvalue weighted by Gasteiger charge is 2.46. The van der Waals surface area contributed by atoms with Crippen LogP contribution in [0.15, 0.2) is 18.2 Å². The highest BCUT2D eigenvalue weighted by molar-refractivity contribution is 5.85. The van der Waals surface area contributed by atoms with Gasteiger partial charge in [0.05, 0.1) is 23.1 Å². The summed E-state index contributed by atoms with van der Waals surface area (Å²) in [5.74, 6) is -4.77. The van der Waals surface area contributed by atoms with Crippen molar-refractivity contribution in [2.45, 2.75) is 81.7 Å². The van der Waals surface area contributed by atoms with Crippen LogP contribution < -0.4 is 11.1 Å². The molecule has 0 spiro atoms. The van der Waals surface area contributed by atoms with Crippen molar-refractivity contribution >= 4 is 29.3 Å². The van der Waals surface area contributed by atoms with Gasteiger partial charge in [-0.25, -0.2) is 22.5 Å². The zero-order chi connectivity index (χ0) is 23.4. The number of nitrogens with one attached hydrogen (secondary N) is 2. The highest BCUT2D eigenvalue weighted by atomic mass is 35.5. The van der Waals surface area contributed by atoms with Gasteiger partial charge in [-0.3, -0.25) is 4.79 Å². The fraction of sp³-hybridized carbons (Fsp3) is 0.667. The third kappa shape index (κ3) is 5.51. The van der Waals surface area contributed by atoms with E-state index in [4.69, 9.17) is 5.73 Å². The Balaban J connectivity index is 0.00000274. The van der Waals surface area contributed by atoms with Crippen molar-refractivity contribution in [2.24, 2.45) is 23.5 Å². The SMILES string of the molecule is Cl.NC(c1nc2ccc([C@@H](NC(=O)CC3CC(F)(F)C3)C3CC3)cc2[nH]1)C1CCC(F)(F)CC1. The van der Waals surface area contributed by atoms with Crippen LogP contribution in [0.5, 0.6) is 0 Å². The molecule has 0 bridgehead atoms. The van der Waals surface area contributed by atoms with E-state index in [2.05, 4.69) is 15.3 Å². The van der Waals surface area contributed by atoms with Gasteiger partial charge in [-0.05, 0) is 61.1 Å². The normalized spacial score (nSPS) is 24.1. The van der Waals surface area contributed by atoms with Gasteiger partial charge in [0.1, 0.15) is 5.82 Å². The van der Waals surface area contributed by atoms with E-state index in [9.17, 15) is 22.4 Å². The lowest BCUT2D eigenvalue weighted by molar-refractivity contribution is -0.134. The van der Waals surface area contributed by atoms with Crippen molar-refractivity contribution < 1.29 is 22.4 Å². The van der Waals surface area contributed by atoms with Crippen LogP contribution in [0.1, 0.15) is 81.3 Å². The van der Waals surface area contributed by atoms with Gasteiger partial charge in [0.15, 0.2) is 0 Å². The third-order valence-electron chi connectivity index (χ3n) is 7.53. The van der Waals surface area contributed by atoms with Crippen LogP contribution in [0.4, 0.5) is 17.6 Å². The summed E-state index contributed by atoms with van der Waals surface area (Å²) in [5.41, 5.74) is 8.85. The lowest BCUT2D eigenvalue weighted by Crippen LogP contribution is -2.39. The van der Waals surface area contributed by atoms with Crippen molar-refractivity contribution in [1.29, 1.82) is 0 Å². The molecule has 2 atom stereocenters. The number of benzene rings is 1. The molecule has 1 heterocycles. The maximum atomic E-state index is 13.5. The zero-order valence-electron chi connectivity index (χ0n) is 18.8. The van der Waals surface area contributed by atoms with Crippen molar-refractivity contribution in [3.8, 4) is 0 Å². The molecule has 1 unspecified atom stereocenters. The molecule has 5 nitrogen and oxygen atoms in total. The van der Waals surface area contributed by atoms with Gasteiger partial charge in [0, 0.05) is 32.1 Å². The Labute approximate surface area is 202 Å². The van der Waals surface area contributed by atoms with Crippen LogP contribution in [0.25, 0.3) is 11.0 Å². The number of imidazole rings is 1. The summed E-state index contributed by atoms with van der Waals surface area (Å²) in [6.07, 6.45) is 2.19. The molecule has 188 valence electrons. The summed E-state index contributed by atoms with van der Waals surface area (Å²) in [4.78, 5) is 20.4. The van der Waals surface area contributed by atoms with Crippen LogP contribution in [-0.2, 0) is 4.79 Å². The number of H-pyrrole nitrogens is 1. The number of aromatic amines is 1. The molecule has 3 saturated carbocycles. The molecule has 1 amide bonds. The zero-order valence-corrected chi connectivity index (χ0v) is 19.7. The van der Waals surface area contributed by atoms with E-state index in [1.54, 1.807) is 0 Å². The van der Waals surface area contributed by atoms with Gasteiger partial charge in [-0.15, -0.1) is 12.4 Å². The molecule has 10 heteroatoms. The Hall–Kier alpha value is -1.87. The number of carbonyl (C=O) groups excluding carboxylic acids is 1. The highest BCUT2D eigenvalue weighted by Crippen LogP contribution is 2.45. The molecule has 1 aromatic carbocycles. The van der Waals surface area contributed by atoms with Crippen LogP contribution in [0.2, 0.25) is 0 Å². The van der Waals surface area contributed by atoms with E-state index in [1.165, 1.54) is 0 Å². The van der Waals surface area contributed by atoms with E-state index in [-0.39, 0.29) is 68.3 Å². The van der Waals surface area contributed by atoms with Crippen LogP contribution in [0.3, 0.4) is 0 Å². The molecule has 0 aliphatic heterocycles. The fourth-order valence-electron chi connectivity index (χ4n) is 5.37. The van der Waals surface area contributed by atoms with Crippen molar-refractivity contribution in [3.05, 3.63) is 29.6 Å². The summed E-state index contributed by atoms with van der Waals surface area (Å²) in [6.45, 7) is 0. The molecule has 34 heavy (non-hydrogen) atoms. The van der Waals surface area contributed by atoms with Crippen LogP contribution in [0, 0.1) is 17.8 Å². The van der Waals surface area contributed by atoms with Gasteiger partial charge in [0.25, 0.3) is 0 Å². The molecule has 0 radical (unpaired) electrons. The second-order valence-corrected chi connectivity index (χ2v) is 10.3. The minimum Gasteiger partial charge on any atom is -0.349 e. The number of aromatic nitrogens is 2. The first-order valence-electron chi connectivity index (χ1n) is 11.9. The van der Waals surface area contributed by atoms with E-state index in [1.807, 2.05) is 18.2 Å². The van der Waals surface area contributed by atoms with Gasteiger partial charge in [-0.2, -0.15) is 0 Å². The average molecular weight is 503 g/mol. The summed E-state index contributed by atoms with van der Waals surface area (Å²) in [5, 5.41) is 3.06. The smallest absolute Gasteiger partial charge is 0.248 e. The second-order valence-electron chi connectivity index (χ2n) is 10.3. The van der Waals surface area contributed by atoms with Crippen LogP contribution >= 0.6 is 12.4 Å². The quantitative estimate of drug-likeness (QED) is 0.417. The number of alkyl halides is 4. The lowest BCUT2D eigenvalue weighted by atomic mass is 9.79. The first-order chi connectivity index (χ1) is 15.6. The van der Waals surface area contributed by atoms with Gasteiger partial charge >= 0.3 is 0 Å². The summed E-state index contributed by atoms with van der Waals surface area (Å²) in [6, 6.07) is 5.16. The minimum atomic E-state index is -2.62. The Morgan fingerprint density at radius 1 is 1.09 bits per heavy atom. The fourth-order valence-corrected chi connectivity index (χ4v) is 5.37. The standard InChI is InChI=1S/C24H30F4N4O.ClH/c25-23(26)7-5-14(6-8-23)20(29)22-30-17-4-3-16(10-18(17)31-22)21(15-1-2-15)32-19(33)9-13-11-24(27,28)12-13;/h3-4,10,13-15,20-21H,1-2,5-9,11-12,29H2,(H,30,31)(H,32,33);1H/t20?,21-;/m0./s1. The molecule has 3 aliphatic carbocycles. The molecule has 3 fully saturated rings. The molecule has 2 aromatic rings. The first-order valence-corrected chi connectivity index (χ1v) is 11.9. The number of hydrogen-bond donors (Lipinski definition) is 3. The summed E-state index contributed by atoms with van der Waals surface area (Å²) in [7, 11) is 0. The number of rotatable bonds is 7. The number of halogens is 5. The van der Waals surface area contributed by atoms with Crippen molar-refractivity contribution in [3.63, 3.8) is 0 Å². The molecule has 4 N–H and O–H groups in total. The number of carbonyl (C=O) groups is 1. The average Bonchev–Trinajstić information content (AvgIpc) is 3.48. The number of fused-ring (bicyclic) bond motifs is 1. The van der Waals surface area contributed by atoms with E-state index >= 15 is 0 Å². The van der Waals surface area contributed by atoms with Gasteiger partial charge in [0.2, 0.25) is 17.8 Å². The molecule has 3 aliphatic rings. The molecular formula is C24H31ClF4N4O. The topological polar surface area (TPSA) is 83.8 Å². The maximum Gasteiger partial charge on any atom is 0.248 e.